The summed E-state index contributed by atoms with van der Waals surface area (Å²) in [6.07, 6.45) is 1.98. The average molecular weight is 414 g/mol. The number of unbranched alkanes of at least 4 members (excludes halogenated alkanes) is 1. The maximum absolute atomic E-state index is 11.8. The van der Waals surface area contributed by atoms with Crippen LogP contribution >= 0.6 is 11.3 Å². The lowest BCUT2D eigenvalue weighted by Gasteiger charge is -2.09. The van der Waals surface area contributed by atoms with Gasteiger partial charge in [0, 0.05) is 29.2 Å². The molecule has 152 valence electrons. The smallest absolute Gasteiger partial charge is 0.311 e. The quantitative estimate of drug-likeness (QED) is 0.433. The van der Waals surface area contributed by atoms with Gasteiger partial charge in [0.25, 0.3) is 5.91 Å². The monoisotopic (exact) mass is 414 g/mol. The number of benzene rings is 1. The van der Waals surface area contributed by atoms with E-state index in [0.717, 1.165) is 30.8 Å². The van der Waals surface area contributed by atoms with Crippen LogP contribution in [0.5, 0.6) is 5.75 Å². The number of hydrogen-bond acceptors (Lipinski definition) is 6. The number of hydrogen-bond donors (Lipinski definition) is 1. The Bertz CT molecular complexity index is 1070. The average Bonchev–Trinajstić information content (AvgIpc) is 3.30. The zero-order chi connectivity index (χ0) is 21.1. The van der Waals surface area contributed by atoms with Crippen molar-refractivity contribution in [2.75, 3.05) is 7.11 Å². The highest BCUT2D eigenvalue weighted by molar-refractivity contribution is 7.13. The Morgan fingerprint density at radius 1 is 1.38 bits per heavy atom. The van der Waals surface area contributed by atoms with E-state index in [4.69, 9.17) is 10.5 Å². The van der Waals surface area contributed by atoms with Crippen molar-refractivity contribution in [1.29, 1.82) is 0 Å². The molecule has 8 nitrogen and oxygen atoms in total. The molecule has 1 aromatic carbocycles. The maximum atomic E-state index is 11.8. The lowest BCUT2D eigenvalue weighted by molar-refractivity contribution is -0.385. The summed E-state index contributed by atoms with van der Waals surface area (Å²) in [6.45, 7) is 4.73. The zero-order valence-electron chi connectivity index (χ0n) is 16.5. The van der Waals surface area contributed by atoms with Gasteiger partial charge in [-0.1, -0.05) is 13.3 Å². The molecule has 0 fully saturated rings. The minimum atomic E-state index is -0.477. The molecule has 3 rings (SSSR count). The van der Waals surface area contributed by atoms with E-state index >= 15 is 0 Å². The van der Waals surface area contributed by atoms with E-state index in [1.54, 1.807) is 18.2 Å². The Morgan fingerprint density at radius 2 is 2.14 bits per heavy atom. The molecular weight excluding hydrogens is 392 g/mol. The fraction of sp³-hybridized carbons (Fsp3) is 0.300. The van der Waals surface area contributed by atoms with Crippen molar-refractivity contribution in [3.8, 4) is 27.7 Å². The predicted molar refractivity (Wildman–Crippen MR) is 112 cm³/mol. The molecule has 0 bridgehead atoms. The number of nitrogens with two attached hydrogens (primary N) is 1. The highest BCUT2D eigenvalue weighted by atomic mass is 32.1. The minimum absolute atomic E-state index is 0.111. The van der Waals surface area contributed by atoms with Crippen LogP contribution in [0, 0.1) is 17.0 Å². The van der Waals surface area contributed by atoms with E-state index in [9.17, 15) is 14.9 Å². The van der Waals surface area contributed by atoms with E-state index in [1.165, 1.54) is 24.5 Å². The molecule has 0 aliphatic rings. The van der Waals surface area contributed by atoms with Gasteiger partial charge in [0.2, 0.25) is 0 Å². The summed E-state index contributed by atoms with van der Waals surface area (Å²) in [5, 5.41) is 13.8. The number of methoxy groups -OCH3 is 1. The predicted octanol–water partition coefficient (Wildman–Crippen LogP) is 4.40. The summed E-state index contributed by atoms with van der Waals surface area (Å²) in [5.41, 5.74) is 8.86. The highest BCUT2D eigenvalue weighted by Crippen LogP contribution is 2.36. The first-order chi connectivity index (χ1) is 13.9. The summed E-state index contributed by atoms with van der Waals surface area (Å²) in [6, 6.07) is 6.53. The maximum Gasteiger partial charge on any atom is 0.311 e. The normalized spacial score (nSPS) is 10.9. The van der Waals surface area contributed by atoms with Gasteiger partial charge in [-0.15, -0.1) is 11.3 Å². The Balaban J connectivity index is 2.04. The van der Waals surface area contributed by atoms with Gasteiger partial charge in [0.1, 0.15) is 5.01 Å². The van der Waals surface area contributed by atoms with Crippen LogP contribution in [-0.2, 0) is 6.54 Å². The number of ether oxygens (including phenoxy) is 1. The van der Waals surface area contributed by atoms with Crippen molar-refractivity contribution >= 4 is 22.9 Å². The van der Waals surface area contributed by atoms with E-state index in [1.807, 2.05) is 12.3 Å². The van der Waals surface area contributed by atoms with Crippen LogP contribution in [0.15, 0.2) is 29.6 Å². The molecule has 0 saturated carbocycles. The van der Waals surface area contributed by atoms with E-state index in [2.05, 4.69) is 16.5 Å². The molecule has 0 aliphatic carbocycles. The van der Waals surface area contributed by atoms with Crippen molar-refractivity contribution in [3.05, 3.63) is 51.0 Å². The minimum Gasteiger partial charge on any atom is -0.490 e. The van der Waals surface area contributed by atoms with Crippen LogP contribution in [0.3, 0.4) is 0 Å². The number of nitro groups is 1. The van der Waals surface area contributed by atoms with Crippen LogP contribution < -0.4 is 10.5 Å². The van der Waals surface area contributed by atoms with Gasteiger partial charge in [-0.3, -0.25) is 14.9 Å². The molecule has 0 unspecified atom stereocenters. The number of carbonyl (C=O) groups excluding carboxylic acids is 1. The van der Waals surface area contributed by atoms with Crippen LogP contribution in [0.2, 0.25) is 0 Å². The molecule has 1 amide bonds. The van der Waals surface area contributed by atoms with Gasteiger partial charge < -0.3 is 15.0 Å². The summed E-state index contributed by atoms with van der Waals surface area (Å²) in [4.78, 5) is 27.3. The number of nitrogens with zero attached hydrogens (tertiary/aromatic N) is 3. The molecule has 3 aromatic rings. The largest absolute Gasteiger partial charge is 0.490 e. The fourth-order valence-corrected chi connectivity index (χ4v) is 4.01. The van der Waals surface area contributed by atoms with Gasteiger partial charge in [-0.25, -0.2) is 4.98 Å². The lowest BCUT2D eigenvalue weighted by atomic mass is 10.2. The Hall–Kier alpha value is -3.20. The topological polar surface area (TPSA) is 113 Å². The first kappa shape index (κ1) is 20.5. The summed E-state index contributed by atoms with van der Waals surface area (Å²) < 4.78 is 7.11. The second-order valence-electron chi connectivity index (χ2n) is 6.58. The number of aromatic nitrogens is 2. The van der Waals surface area contributed by atoms with Gasteiger partial charge in [0.15, 0.2) is 5.75 Å². The Labute approximate surface area is 172 Å². The van der Waals surface area contributed by atoms with Gasteiger partial charge in [0.05, 0.1) is 29.0 Å². The first-order valence-corrected chi connectivity index (χ1v) is 10.0. The number of carbonyl (C=O) groups is 1. The molecule has 2 heterocycles. The second kappa shape index (κ2) is 8.44. The molecule has 0 aliphatic heterocycles. The molecule has 0 saturated heterocycles. The number of nitro benzene ring substituents is 1. The fourth-order valence-electron chi connectivity index (χ4n) is 3.20. The molecule has 0 spiro atoms. The number of thiazole rings is 1. The van der Waals surface area contributed by atoms with Crippen LogP contribution in [0.4, 0.5) is 5.69 Å². The number of amides is 1. The van der Waals surface area contributed by atoms with Gasteiger partial charge in [-0.2, -0.15) is 0 Å². The van der Waals surface area contributed by atoms with Crippen LogP contribution in [-0.4, -0.2) is 27.5 Å². The SMILES string of the molecule is CCCCn1c(-c2csc(-c3ccc(OC)c([N+](=O)[O-])c3)n2)cc(C(N)=O)c1C. The van der Waals surface area contributed by atoms with Crippen molar-refractivity contribution in [3.63, 3.8) is 0 Å². The third kappa shape index (κ3) is 4.00. The molecule has 0 atom stereocenters. The third-order valence-electron chi connectivity index (χ3n) is 4.76. The lowest BCUT2D eigenvalue weighted by Crippen LogP contribution is -2.12. The van der Waals surface area contributed by atoms with Crippen molar-refractivity contribution in [2.24, 2.45) is 5.73 Å². The van der Waals surface area contributed by atoms with Crippen LogP contribution in [0.25, 0.3) is 22.0 Å². The third-order valence-corrected chi connectivity index (χ3v) is 5.65. The Kier molecular flexibility index (Phi) is 5.97. The Morgan fingerprint density at radius 3 is 2.76 bits per heavy atom. The standard InChI is InChI=1S/C20H22N4O4S/c1-4-5-8-23-12(2)14(19(21)25)10-16(23)15-11-29-20(22-15)13-6-7-18(28-3)17(9-13)24(26)27/h6-7,9-11H,4-5,8H2,1-3H3,(H2,21,25). The summed E-state index contributed by atoms with van der Waals surface area (Å²) >= 11 is 1.38. The summed E-state index contributed by atoms with van der Waals surface area (Å²) in [5.74, 6) is -0.272. The van der Waals surface area contributed by atoms with E-state index < -0.39 is 10.8 Å². The molecule has 2 aromatic heterocycles. The van der Waals surface area contributed by atoms with Gasteiger partial charge >= 0.3 is 5.69 Å². The first-order valence-electron chi connectivity index (χ1n) is 9.16. The van der Waals surface area contributed by atoms with Crippen molar-refractivity contribution < 1.29 is 14.5 Å². The highest BCUT2D eigenvalue weighted by Gasteiger charge is 2.20. The van der Waals surface area contributed by atoms with E-state index in [0.29, 0.717) is 21.8 Å². The van der Waals surface area contributed by atoms with Crippen molar-refractivity contribution in [2.45, 2.75) is 33.2 Å². The summed E-state index contributed by atoms with van der Waals surface area (Å²) in [7, 11) is 1.40. The molecular formula is C20H22N4O4S. The van der Waals surface area contributed by atoms with Gasteiger partial charge in [-0.05, 0) is 31.5 Å². The second-order valence-corrected chi connectivity index (χ2v) is 7.44. The van der Waals surface area contributed by atoms with Crippen LogP contribution in [0.1, 0.15) is 35.8 Å². The molecule has 29 heavy (non-hydrogen) atoms. The van der Waals surface area contributed by atoms with Crippen molar-refractivity contribution in [1.82, 2.24) is 9.55 Å². The van der Waals surface area contributed by atoms with E-state index in [-0.39, 0.29) is 11.4 Å². The number of rotatable bonds is 8. The molecule has 0 radical (unpaired) electrons. The molecule has 9 heteroatoms. The number of primary amides is 1. The zero-order valence-corrected chi connectivity index (χ0v) is 17.3. The molecule has 2 N–H and O–H groups in total.